The molecular weight excluding hydrogens is 394 g/mol. The van der Waals surface area contributed by atoms with Crippen LogP contribution >= 0.6 is 0 Å². The van der Waals surface area contributed by atoms with Crippen molar-refractivity contribution in [2.75, 3.05) is 18.5 Å². The predicted molar refractivity (Wildman–Crippen MR) is 105 cm³/mol. The zero-order chi connectivity index (χ0) is 21.5. The molecule has 10 heteroatoms. The summed E-state index contributed by atoms with van der Waals surface area (Å²) < 4.78 is 9.93. The number of hydrogen-bond donors (Lipinski definition) is 2. The molecule has 1 saturated carbocycles. The number of carbonyl (C=O) groups is 3. The lowest BCUT2D eigenvalue weighted by Crippen LogP contribution is -2.28. The van der Waals surface area contributed by atoms with E-state index in [2.05, 4.69) is 10.6 Å². The molecule has 0 saturated heterocycles. The number of anilines is 1. The average Bonchev–Trinajstić information content (AvgIpc) is 3.55. The number of nitrogens with one attached hydrogen (secondary N) is 2. The molecule has 0 spiro atoms. The molecule has 0 unspecified atom stereocenters. The molecule has 1 aliphatic rings. The van der Waals surface area contributed by atoms with Crippen LogP contribution in [0.1, 0.15) is 23.2 Å². The van der Waals surface area contributed by atoms with Crippen molar-refractivity contribution in [1.82, 2.24) is 5.32 Å². The van der Waals surface area contributed by atoms with Gasteiger partial charge >= 0.3 is 11.7 Å². The zero-order valence-corrected chi connectivity index (χ0v) is 15.8. The lowest BCUT2D eigenvalue weighted by atomic mass is 10.1. The summed E-state index contributed by atoms with van der Waals surface area (Å²) >= 11 is 0. The van der Waals surface area contributed by atoms with Gasteiger partial charge in [-0.1, -0.05) is 24.3 Å². The summed E-state index contributed by atoms with van der Waals surface area (Å²) in [7, 11) is 0. The Kier molecular flexibility index (Phi) is 6.58. The molecule has 2 N–H and O–H groups in total. The predicted octanol–water partition coefficient (Wildman–Crippen LogP) is 2.05. The number of ether oxygens (including phenoxy) is 2. The van der Waals surface area contributed by atoms with Gasteiger partial charge in [-0.3, -0.25) is 19.7 Å². The summed E-state index contributed by atoms with van der Waals surface area (Å²) in [5, 5.41) is 16.3. The van der Waals surface area contributed by atoms with Gasteiger partial charge in [-0.15, -0.1) is 0 Å². The first kappa shape index (κ1) is 20.8. The molecule has 2 amide bonds. The Balaban J connectivity index is 1.48. The molecule has 1 fully saturated rings. The fourth-order valence-corrected chi connectivity index (χ4v) is 2.52. The van der Waals surface area contributed by atoms with Crippen molar-refractivity contribution in [2.45, 2.75) is 18.9 Å². The minimum absolute atomic E-state index is 0.0838. The van der Waals surface area contributed by atoms with Gasteiger partial charge in [0, 0.05) is 12.1 Å². The Labute approximate surface area is 171 Å². The number of carbonyl (C=O) groups excluding carboxylic acids is 3. The minimum Gasteiger partial charge on any atom is -0.475 e. The molecule has 2 aromatic rings. The van der Waals surface area contributed by atoms with Gasteiger partial charge in [0.2, 0.25) is 0 Å². The van der Waals surface area contributed by atoms with Crippen LogP contribution in [0.2, 0.25) is 0 Å². The number of nitro groups is 1. The van der Waals surface area contributed by atoms with Crippen LogP contribution in [-0.2, 0) is 14.3 Å². The van der Waals surface area contributed by atoms with Crippen LogP contribution in [0.5, 0.6) is 5.75 Å². The van der Waals surface area contributed by atoms with Gasteiger partial charge in [0.25, 0.3) is 11.8 Å². The van der Waals surface area contributed by atoms with Crippen LogP contribution in [0.15, 0.2) is 48.5 Å². The molecule has 3 rings (SSSR count). The molecule has 0 aliphatic heterocycles. The van der Waals surface area contributed by atoms with Crippen LogP contribution in [0.4, 0.5) is 11.4 Å². The van der Waals surface area contributed by atoms with E-state index in [1.165, 1.54) is 24.3 Å². The van der Waals surface area contributed by atoms with E-state index in [1.54, 1.807) is 24.3 Å². The average molecular weight is 413 g/mol. The number of esters is 1. The molecular formula is C20H19N3O7. The van der Waals surface area contributed by atoms with Gasteiger partial charge in [-0.05, 0) is 31.0 Å². The second-order valence-corrected chi connectivity index (χ2v) is 6.52. The van der Waals surface area contributed by atoms with Crippen LogP contribution in [0.3, 0.4) is 0 Å². The van der Waals surface area contributed by atoms with Crippen LogP contribution < -0.4 is 15.4 Å². The maximum Gasteiger partial charge on any atom is 0.344 e. The second-order valence-electron chi connectivity index (χ2n) is 6.52. The minimum atomic E-state index is -0.872. The molecule has 0 aromatic heterocycles. The van der Waals surface area contributed by atoms with Crippen molar-refractivity contribution >= 4 is 29.2 Å². The van der Waals surface area contributed by atoms with E-state index in [-0.39, 0.29) is 23.4 Å². The fraction of sp³-hybridized carbons (Fsp3) is 0.250. The Morgan fingerprint density at radius 1 is 1.03 bits per heavy atom. The molecule has 2 aromatic carbocycles. The summed E-state index contributed by atoms with van der Waals surface area (Å²) in [4.78, 5) is 46.4. The van der Waals surface area contributed by atoms with E-state index >= 15 is 0 Å². The van der Waals surface area contributed by atoms with E-state index in [1.807, 2.05) is 0 Å². The summed E-state index contributed by atoms with van der Waals surface area (Å²) in [5.74, 6) is -1.88. The van der Waals surface area contributed by atoms with Crippen molar-refractivity contribution in [3.05, 3.63) is 64.2 Å². The molecule has 156 valence electrons. The Bertz CT molecular complexity index is 972. The van der Waals surface area contributed by atoms with Gasteiger partial charge in [-0.2, -0.15) is 0 Å². The lowest BCUT2D eigenvalue weighted by Gasteiger charge is -2.11. The van der Waals surface area contributed by atoms with E-state index in [9.17, 15) is 24.5 Å². The molecule has 0 atom stereocenters. The Morgan fingerprint density at radius 3 is 2.47 bits per heavy atom. The SMILES string of the molecule is O=C(COC(=O)COc1ccccc1[N+](=O)[O-])Nc1ccccc1C(=O)NC1CC1. The second kappa shape index (κ2) is 9.50. The van der Waals surface area contributed by atoms with E-state index in [0.717, 1.165) is 12.8 Å². The summed E-state index contributed by atoms with van der Waals surface area (Å²) in [6, 6.07) is 12.2. The normalized spacial score (nSPS) is 12.5. The number of para-hydroxylation sites is 3. The first-order valence-corrected chi connectivity index (χ1v) is 9.15. The smallest absolute Gasteiger partial charge is 0.344 e. The highest BCUT2D eigenvalue weighted by Gasteiger charge is 2.25. The maximum atomic E-state index is 12.2. The quantitative estimate of drug-likeness (QED) is 0.365. The molecule has 0 bridgehead atoms. The molecule has 0 radical (unpaired) electrons. The highest BCUT2D eigenvalue weighted by atomic mass is 16.6. The van der Waals surface area contributed by atoms with Gasteiger partial charge in [0.1, 0.15) is 0 Å². The summed E-state index contributed by atoms with van der Waals surface area (Å²) in [6.07, 6.45) is 1.87. The Hall–Kier alpha value is -3.95. The van der Waals surface area contributed by atoms with Gasteiger partial charge in [0.15, 0.2) is 19.0 Å². The highest BCUT2D eigenvalue weighted by Crippen LogP contribution is 2.25. The third-order valence-electron chi connectivity index (χ3n) is 4.13. The number of amides is 2. The highest BCUT2D eigenvalue weighted by molar-refractivity contribution is 6.04. The summed E-state index contributed by atoms with van der Waals surface area (Å²) in [5.41, 5.74) is 0.320. The van der Waals surface area contributed by atoms with E-state index < -0.39 is 30.0 Å². The maximum absolute atomic E-state index is 12.2. The van der Waals surface area contributed by atoms with Gasteiger partial charge in [0.05, 0.1) is 16.2 Å². The zero-order valence-electron chi connectivity index (χ0n) is 15.8. The molecule has 0 heterocycles. The van der Waals surface area contributed by atoms with Gasteiger partial charge in [-0.25, -0.2) is 4.79 Å². The standard InChI is InChI=1S/C20H19N3O7/c24-18(22-15-6-2-1-5-14(15)20(26)21-13-9-10-13)11-30-19(25)12-29-17-8-4-3-7-16(17)23(27)28/h1-8,13H,9-12H2,(H,21,26)(H,22,24). The van der Waals surface area contributed by atoms with Crippen LogP contribution in [0.25, 0.3) is 0 Å². The van der Waals surface area contributed by atoms with Crippen molar-refractivity contribution in [1.29, 1.82) is 0 Å². The molecule has 1 aliphatic carbocycles. The summed E-state index contributed by atoms with van der Waals surface area (Å²) in [6.45, 7) is -1.20. The van der Waals surface area contributed by atoms with Crippen molar-refractivity contribution in [3.8, 4) is 5.75 Å². The lowest BCUT2D eigenvalue weighted by molar-refractivity contribution is -0.385. The third-order valence-corrected chi connectivity index (χ3v) is 4.13. The number of nitro benzene ring substituents is 1. The van der Waals surface area contributed by atoms with Gasteiger partial charge < -0.3 is 20.1 Å². The molecule has 10 nitrogen and oxygen atoms in total. The number of rotatable bonds is 9. The third kappa shape index (κ3) is 5.77. The van der Waals surface area contributed by atoms with Crippen molar-refractivity contribution in [2.24, 2.45) is 0 Å². The van der Waals surface area contributed by atoms with Crippen LogP contribution in [0, 0.1) is 10.1 Å². The van der Waals surface area contributed by atoms with Crippen molar-refractivity contribution in [3.63, 3.8) is 0 Å². The fourth-order valence-electron chi connectivity index (χ4n) is 2.52. The first-order valence-electron chi connectivity index (χ1n) is 9.15. The van der Waals surface area contributed by atoms with Crippen LogP contribution in [-0.4, -0.2) is 42.0 Å². The monoisotopic (exact) mass is 413 g/mol. The van der Waals surface area contributed by atoms with E-state index in [0.29, 0.717) is 11.3 Å². The van der Waals surface area contributed by atoms with E-state index in [4.69, 9.17) is 9.47 Å². The Morgan fingerprint density at radius 2 is 1.73 bits per heavy atom. The van der Waals surface area contributed by atoms with Crippen molar-refractivity contribution < 1.29 is 28.8 Å². The largest absolute Gasteiger partial charge is 0.475 e. The number of hydrogen-bond acceptors (Lipinski definition) is 7. The first-order chi connectivity index (χ1) is 14.4. The number of nitrogens with zero attached hydrogens (tertiary/aromatic N) is 1. The number of benzene rings is 2. The molecule has 30 heavy (non-hydrogen) atoms. The topological polar surface area (TPSA) is 137 Å².